The van der Waals surface area contributed by atoms with Crippen molar-refractivity contribution in [1.82, 2.24) is 0 Å². The monoisotopic (exact) mass is 275 g/mol. The zero-order valence-corrected chi connectivity index (χ0v) is 11.3. The number of nitrogens with one attached hydrogen (secondary N) is 1. The van der Waals surface area contributed by atoms with Gasteiger partial charge in [0.2, 0.25) is 0 Å². The molecule has 0 heterocycles. The van der Waals surface area contributed by atoms with E-state index in [0.29, 0.717) is 27.7 Å². The van der Waals surface area contributed by atoms with E-state index < -0.39 is 5.82 Å². The largest absolute Gasteiger partial charge is 0.380 e. The summed E-state index contributed by atoms with van der Waals surface area (Å²) in [4.78, 5) is 0. The fourth-order valence-electron chi connectivity index (χ4n) is 2.48. The maximum Gasteiger partial charge on any atom is 0.126 e. The van der Waals surface area contributed by atoms with E-state index in [1.807, 2.05) is 0 Å². The third kappa shape index (κ3) is 3.05. The van der Waals surface area contributed by atoms with Crippen LogP contribution in [0.5, 0.6) is 0 Å². The van der Waals surface area contributed by atoms with Crippen LogP contribution in [0.15, 0.2) is 12.1 Å². The van der Waals surface area contributed by atoms with Gasteiger partial charge in [-0.1, -0.05) is 36.0 Å². The molecule has 4 heteroatoms. The van der Waals surface area contributed by atoms with E-state index in [1.165, 1.54) is 37.8 Å². The zero-order chi connectivity index (χ0) is 12.4. The lowest BCUT2D eigenvalue weighted by Gasteiger charge is -2.23. The minimum absolute atomic E-state index is 0.318. The Labute approximate surface area is 111 Å². The fourth-order valence-corrected chi connectivity index (χ4v) is 3.05. The second-order valence-corrected chi connectivity index (χ2v) is 5.54. The van der Waals surface area contributed by atoms with Gasteiger partial charge in [0.1, 0.15) is 5.82 Å². The van der Waals surface area contributed by atoms with Crippen molar-refractivity contribution in [3.05, 3.63) is 28.0 Å². The van der Waals surface area contributed by atoms with Crippen LogP contribution in [0, 0.1) is 11.7 Å². The van der Waals surface area contributed by atoms with Gasteiger partial charge in [0.05, 0.1) is 15.7 Å². The van der Waals surface area contributed by atoms with Crippen LogP contribution in [0.1, 0.15) is 32.6 Å². The van der Waals surface area contributed by atoms with Crippen LogP contribution in [0.4, 0.5) is 10.1 Å². The summed E-state index contributed by atoms with van der Waals surface area (Å²) >= 11 is 12.0. The highest BCUT2D eigenvalue weighted by atomic mass is 35.5. The van der Waals surface area contributed by atoms with E-state index in [2.05, 4.69) is 12.2 Å². The SMILES string of the molecule is CC(Nc1c(Cl)cc(F)cc1Cl)C1CCCC1. The molecule has 1 saturated carbocycles. The lowest BCUT2D eigenvalue weighted by molar-refractivity contribution is 0.482. The van der Waals surface area contributed by atoms with Crippen LogP contribution >= 0.6 is 23.2 Å². The molecule has 0 aromatic heterocycles. The smallest absolute Gasteiger partial charge is 0.126 e. The molecular formula is C13H16Cl2FN. The molecule has 94 valence electrons. The molecule has 0 saturated heterocycles. The van der Waals surface area contributed by atoms with Gasteiger partial charge in [-0.25, -0.2) is 4.39 Å². The summed E-state index contributed by atoms with van der Waals surface area (Å²) in [6.45, 7) is 2.13. The number of hydrogen-bond acceptors (Lipinski definition) is 1. The molecule has 1 unspecified atom stereocenters. The lowest BCUT2D eigenvalue weighted by Crippen LogP contribution is -2.24. The van der Waals surface area contributed by atoms with Gasteiger partial charge in [0.25, 0.3) is 0 Å². The second kappa shape index (κ2) is 5.45. The van der Waals surface area contributed by atoms with Crippen LogP contribution in [-0.2, 0) is 0 Å². The van der Waals surface area contributed by atoms with Crippen molar-refractivity contribution >= 4 is 28.9 Å². The Morgan fingerprint density at radius 1 is 1.24 bits per heavy atom. The number of rotatable bonds is 3. The summed E-state index contributed by atoms with van der Waals surface area (Å²) < 4.78 is 13.1. The van der Waals surface area contributed by atoms with Crippen molar-refractivity contribution < 1.29 is 4.39 Å². The van der Waals surface area contributed by atoms with Gasteiger partial charge in [0, 0.05) is 6.04 Å². The van der Waals surface area contributed by atoms with Gasteiger partial charge < -0.3 is 5.32 Å². The van der Waals surface area contributed by atoms with Crippen LogP contribution in [0.2, 0.25) is 10.0 Å². The van der Waals surface area contributed by atoms with Crippen LogP contribution in [-0.4, -0.2) is 6.04 Å². The molecule has 17 heavy (non-hydrogen) atoms. The highest BCUT2D eigenvalue weighted by Crippen LogP contribution is 2.35. The molecule has 0 amide bonds. The molecule has 1 aliphatic carbocycles. The maximum atomic E-state index is 13.1. The molecule has 0 aliphatic heterocycles. The third-order valence-corrected chi connectivity index (χ3v) is 4.08. The molecule has 1 aromatic carbocycles. The summed E-state index contributed by atoms with van der Waals surface area (Å²) in [5, 5.41) is 4.01. The van der Waals surface area contributed by atoms with Gasteiger partial charge in [-0.15, -0.1) is 0 Å². The van der Waals surface area contributed by atoms with E-state index in [9.17, 15) is 4.39 Å². The van der Waals surface area contributed by atoms with Crippen molar-refractivity contribution in [3.63, 3.8) is 0 Å². The van der Waals surface area contributed by atoms with Crippen LogP contribution in [0.25, 0.3) is 0 Å². The van der Waals surface area contributed by atoms with Crippen LogP contribution in [0.3, 0.4) is 0 Å². The van der Waals surface area contributed by atoms with Crippen molar-refractivity contribution in [3.8, 4) is 0 Å². The quantitative estimate of drug-likeness (QED) is 0.807. The number of halogens is 3. The Morgan fingerprint density at radius 2 is 1.76 bits per heavy atom. The third-order valence-electron chi connectivity index (χ3n) is 3.49. The Bertz CT molecular complexity index is 379. The van der Waals surface area contributed by atoms with E-state index >= 15 is 0 Å². The molecule has 1 atom stereocenters. The topological polar surface area (TPSA) is 12.0 Å². The first kappa shape index (κ1) is 13.0. The van der Waals surface area contributed by atoms with Crippen molar-refractivity contribution in [2.75, 3.05) is 5.32 Å². The van der Waals surface area contributed by atoms with Crippen LogP contribution < -0.4 is 5.32 Å². The normalized spacial score (nSPS) is 18.4. The zero-order valence-electron chi connectivity index (χ0n) is 9.77. The Morgan fingerprint density at radius 3 is 2.29 bits per heavy atom. The van der Waals surface area contributed by atoms with Gasteiger partial charge in [-0.3, -0.25) is 0 Å². The van der Waals surface area contributed by atoms with E-state index in [-0.39, 0.29) is 0 Å². The van der Waals surface area contributed by atoms with E-state index in [0.717, 1.165) is 0 Å². The molecule has 2 rings (SSSR count). The van der Waals surface area contributed by atoms with E-state index in [1.54, 1.807) is 0 Å². The molecule has 1 aliphatic rings. The first-order valence-electron chi connectivity index (χ1n) is 5.99. The molecule has 1 fully saturated rings. The molecule has 0 bridgehead atoms. The summed E-state index contributed by atoms with van der Waals surface area (Å²) in [6.07, 6.45) is 5.07. The number of anilines is 1. The molecule has 1 nitrogen and oxygen atoms in total. The first-order chi connectivity index (χ1) is 8.08. The Hall–Kier alpha value is -0.470. The predicted molar refractivity (Wildman–Crippen MR) is 71.5 cm³/mol. The average molecular weight is 276 g/mol. The van der Waals surface area contributed by atoms with Gasteiger partial charge in [0.15, 0.2) is 0 Å². The average Bonchev–Trinajstić information content (AvgIpc) is 2.76. The fraction of sp³-hybridized carbons (Fsp3) is 0.538. The number of benzene rings is 1. The molecule has 1 aromatic rings. The van der Waals surface area contributed by atoms with E-state index in [4.69, 9.17) is 23.2 Å². The molecular weight excluding hydrogens is 260 g/mol. The lowest BCUT2D eigenvalue weighted by atomic mass is 9.99. The Balaban J connectivity index is 2.12. The van der Waals surface area contributed by atoms with Gasteiger partial charge >= 0.3 is 0 Å². The molecule has 0 radical (unpaired) electrons. The van der Waals surface area contributed by atoms with Gasteiger partial charge in [-0.2, -0.15) is 0 Å². The molecule has 1 N–H and O–H groups in total. The second-order valence-electron chi connectivity index (χ2n) is 4.72. The highest BCUT2D eigenvalue weighted by molar-refractivity contribution is 6.39. The summed E-state index contributed by atoms with van der Waals surface area (Å²) in [7, 11) is 0. The standard InChI is InChI=1S/C13H16Cl2FN/c1-8(9-4-2-3-5-9)17-13-11(14)6-10(16)7-12(13)15/h6-9,17H,2-5H2,1H3. The summed E-state index contributed by atoms with van der Waals surface area (Å²) in [5.74, 6) is 0.256. The highest BCUT2D eigenvalue weighted by Gasteiger charge is 2.22. The molecule has 0 spiro atoms. The number of hydrogen-bond donors (Lipinski definition) is 1. The van der Waals surface area contributed by atoms with Crippen molar-refractivity contribution in [2.24, 2.45) is 5.92 Å². The Kier molecular flexibility index (Phi) is 4.16. The van der Waals surface area contributed by atoms with Gasteiger partial charge in [-0.05, 0) is 37.8 Å². The summed E-state index contributed by atoms with van der Waals surface area (Å²) in [5.41, 5.74) is 0.647. The minimum Gasteiger partial charge on any atom is -0.380 e. The predicted octanol–water partition coefficient (Wildman–Crippen LogP) is 5.12. The minimum atomic E-state index is -0.404. The van der Waals surface area contributed by atoms with Crippen molar-refractivity contribution in [2.45, 2.75) is 38.6 Å². The maximum absolute atomic E-state index is 13.1. The summed E-state index contributed by atoms with van der Waals surface area (Å²) in [6, 6.07) is 2.90. The first-order valence-corrected chi connectivity index (χ1v) is 6.74. The van der Waals surface area contributed by atoms with Crippen molar-refractivity contribution in [1.29, 1.82) is 0 Å².